The fourth-order valence-corrected chi connectivity index (χ4v) is 1.75. The molecular weight excluding hydrogens is 246 g/mol. The lowest BCUT2D eigenvalue weighted by Gasteiger charge is -2.14. The fourth-order valence-electron chi connectivity index (χ4n) is 1.75. The van der Waals surface area contributed by atoms with Crippen molar-refractivity contribution in [3.8, 4) is 5.75 Å². The van der Waals surface area contributed by atoms with Gasteiger partial charge in [0.1, 0.15) is 5.75 Å². The Kier molecular flexibility index (Phi) is 4.92. The fraction of sp³-hybridized carbons (Fsp3) is 0.429. The summed E-state index contributed by atoms with van der Waals surface area (Å²) in [5, 5.41) is 11.4. The Morgan fingerprint density at radius 2 is 1.95 bits per heavy atom. The third kappa shape index (κ3) is 3.98. The Balaban J connectivity index is 2.85. The first-order chi connectivity index (χ1) is 8.85. The summed E-state index contributed by atoms with van der Waals surface area (Å²) in [6.45, 7) is 5.34. The maximum Gasteiger partial charge on any atom is 0.304 e. The van der Waals surface area contributed by atoms with Gasteiger partial charge in [-0.2, -0.15) is 0 Å². The molecule has 0 heterocycles. The van der Waals surface area contributed by atoms with E-state index in [1.807, 2.05) is 26.0 Å². The van der Waals surface area contributed by atoms with E-state index in [9.17, 15) is 9.59 Å². The van der Waals surface area contributed by atoms with Crippen LogP contribution in [0.1, 0.15) is 24.5 Å². The molecule has 0 spiro atoms. The first-order valence-electron chi connectivity index (χ1n) is 6.03. The average molecular weight is 265 g/mol. The Hall–Kier alpha value is -2.04. The van der Waals surface area contributed by atoms with Crippen molar-refractivity contribution in [3.05, 3.63) is 23.3 Å². The molecule has 1 unspecified atom stereocenters. The number of rotatable bonds is 5. The molecule has 0 aliphatic heterocycles. The number of carbonyl (C=O) groups is 2. The van der Waals surface area contributed by atoms with Gasteiger partial charge in [-0.15, -0.1) is 0 Å². The molecule has 5 heteroatoms. The molecule has 5 nitrogen and oxygen atoms in total. The highest BCUT2D eigenvalue weighted by atomic mass is 16.5. The number of methoxy groups -OCH3 is 1. The molecule has 19 heavy (non-hydrogen) atoms. The summed E-state index contributed by atoms with van der Waals surface area (Å²) in [4.78, 5) is 22.4. The van der Waals surface area contributed by atoms with E-state index in [-0.39, 0.29) is 12.3 Å². The van der Waals surface area contributed by atoms with E-state index in [4.69, 9.17) is 9.84 Å². The second-order valence-corrected chi connectivity index (χ2v) is 4.62. The van der Waals surface area contributed by atoms with Crippen molar-refractivity contribution in [2.45, 2.75) is 27.2 Å². The molecule has 1 aromatic carbocycles. The van der Waals surface area contributed by atoms with Gasteiger partial charge in [-0.05, 0) is 37.1 Å². The van der Waals surface area contributed by atoms with Crippen LogP contribution < -0.4 is 10.1 Å². The van der Waals surface area contributed by atoms with Crippen LogP contribution in [0.2, 0.25) is 0 Å². The molecule has 0 bridgehead atoms. The zero-order valence-corrected chi connectivity index (χ0v) is 11.6. The highest BCUT2D eigenvalue weighted by molar-refractivity contribution is 5.95. The number of amides is 1. The first kappa shape index (κ1) is 15.0. The summed E-state index contributed by atoms with van der Waals surface area (Å²) in [6.07, 6.45) is -0.181. The van der Waals surface area contributed by atoms with Crippen molar-refractivity contribution in [1.29, 1.82) is 0 Å². The minimum absolute atomic E-state index is 0.181. The highest BCUT2D eigenvalue weighted by Crippen LogP contribution is 2.26. The second-order valence-electron chi connectivity index (χ2n) is 4.62. The number of ether oxygens (including phenoxy) is 1. The number of aryl methyl sites for hydroxylation is 2. The summed E-state index contributed by atoms with van der Waals surface area (Å²) >= 11 is 0. The average Bonchev–Trinajstić information content (AvgIpc) is 2.32. The maximum absolute atomic E-state index is 11.9. The zero-order valence-electron chi connectivity index (χ0n) is 11.6. The number of nitrogens with one attached hydrogen (secondary N) is 1. The van der Waals surface area contributed by atoms with Gasteiger partial charge in [0.15, 0.2) is 0 Å². The summed E-state index contributed by atoms with van der Waals surface area (Å²) < 4.78 is 5.20. The van der Waals surface area contributed by atoms with Crippen LogP contribution in [-0.2, 0) is 9.59 Å². The van der Waals surface area contributed by atoms with Crippen molar-refractivity contribution in [2.24, 2.45) is 5.92 Å². The van der Waals surface area contributed by atoms with Crippen LogP contribution in [0.5, 0.6) is 5.75 Å². The van der Waals surface area contributed by atoms with Crippen molar-refractivity contribution in [1.82, 2.24) is 0 Å². The summed E-state index contributed by atoms with van der Waals surface area (Å²) in [5.74, 6) is -1.09. The number of carboxylic acid groups (broad SMARTS) is 1. The van der Waals surface area contributed by atoms with Gasteiger partial charge in [0.25, 0.3) is 0 Å². The van der Waals surface area contributed by atoms with Crippen LogP contribution in [0, 0.1) is 19.8 Å². The second kappa shape index (κ2) is 6.22. The quantitative estimate of drug-likeness (QED) is 0.857. The Bertz CT molecular complexity index is 496. The van der Waals surface area contributed by atoms with E-state index in [2.05, 4.69) is 5.32 Å². The number of hydrogen-bond acceptors (Lipinski definition) is 3. The van der Waals surface area contributed by atoms with E-state index >= 15 is 0 Å². The van der Waals surface area contributed by atoms with E-state index in [0.29, 0.717) is 5.69 Å². The normalized spacial score (nSPS) is 11.8. The van der Waals surface area contributed by atoms with Crippen LogP contribution >= 0.6 is 0 Å². The van der Waals surface area contributed by atoms with Crippen molar-refractivity contribution < 1.29 is 19.4 Å². The Morgan fingerprint density at radius 3 is 2.47 bits per heavy atom. The minimum Gasteiger partial charge on any atom is -0.496 e. The predicted molar refractivity (Wildman–Crippen MR) is 72.5 cm³/mol. The van der Waals surface area contributed by atoms with E-state index in [1.54, 1.807) is 14.0 Å². The number of carboxylic acids is 1. The van der Waals surface area contributed by atoms with E-state index in [0.717, 1.165) is 16.9 Å². The Morgan fingerprint density at radius 1 is 1.32 bits per heavy atom. The molecule has 0 aromatic heterocycles. The largest absolute Gasteiger partial charge is 0.496 e. The molecule has 0 aliphatic rings. The van der Waals surface area contributed by atoms with E-state index < -0.39 is 11.9 Å². The molecule has 0 radical (unpaired) electrons. The topological polar surface area (TPSA) is 75.6 Å². The van der Waals surface area contributed by atoms with Crippen LogP contribution in [-0.4, -0.2) is 24.1 Å². The van der Waals surface area contributed by atoms with Gasteiger partial charge in [0, 0.05) is 11.6 Å². The number of hydrogen-bond donors (Lipinski definition) is 2. The number of carbonyl (C=O) groups excluding carboxylic acids is 1. The summed E-state index contributed by atoms with van der Waals surface area (Å²) in [7, 11) is 1.59. The molecule has 0 fully saturated rings. The van der Waals surface area contributed by atoms with Gasteiger partial charge in [-0.25, -0.2) is 0 Å². The third-order valence-corrected chi connectivity index (χ3v) is 2.93. The third-order valence-electron chi connectivity index (χ3n) is 2.93. The Labute approximate surface area is 112 Å². The number of anilines is 1. The number of aliphatic carboxylic acids is 1. The SMILES string of the molecule is COc1cc(C)c(NC(=O)C(C)CC(=O)O)cc1C. The van der Waals surface area contributed by atoms with E-state index in [1.165, 1.54) is 0 Å². The molecule has 104 valence electrons. The van der Waals surface area contributed by atoms with Crippen molar-refractivity contribution >= 4 is 17.6 Å². The molecule has 1 amide bonds. The summed E-state index contributed by atoms with van der Waals surface area (Å²) in [6, 6.07) is 3.66. The molecule has 1 rings (SSSR count). The smallest absolute Gasteiger partial charge is 0.304 e. The summed E-state index contributed by atoms with van der Waals surface area (Å²) in [5.41, 5.74) is 2.47. The predicted octanol–water partition coefficient (Wildman–Crippen LogP) is 2.36. The molecule has 0 aliphatic carbocycles. The molecule has 1 atom stereocenters. The van der Waals surface area contributed by atoms with Gasteiger partial charge in [0.05, 0.1) is 13.5 Å². The van der Waals surface area contributed by atoms with Gasteiger partial charge >= 0.3 is 5.97 Å². The highest BCUT2D eigenvalue weighted by Gasteiger charge is 2.17. The first-order valence-corrected chi connectivity index (χ1v) is 6.03. The maximum atomic E-state index is 11.9. The zero-order chi connectivity index (χ0) is 14.6. The van der Waals surface area contributed by atoms with Crippen LogP contribution in [0.3, 0.4) is 0 Å². The lowest BCUT2D eigenvalue weighted by Crippen LogP contribution is -2.23. The van der Waals surface area contributed by atoms with Crippen LogP contribution in [0.25, 0.3) is 0 Å². The standard InChI is InChI=1S/C14H19NO4/c1-8-6-12(19-4)9(2)5-11(8)15-14(18)10(3)7-13(16)17/h5-6,10H,7H2,1-4H3,(H,15,18)(H,16,17). The van der Waals surface area contributed by atoms with Crippen LogP contribution in [0.4, 0.5) is 5.69 Å². The molecule has 0 saturated heterocycles. The van der Waals surface area contributed by atoms with Gasteiger partial charge in [-0.3, -0.25) is 9.59 Å². The minimum atomic E-state index is -0.981. The lowest BCUT2D eigenvalue weighted by atomic mass is 10.1. The molecule has 1 aromatic rings. The monoisotopic (exact) mass is 265 g/mol. The molecule has 2 N–H and O–H groups in total. The lowest BCUT2D eigenvalue weighted by molar-refractivity contribution is -0.139. The van der Waals surface area contributed by atoms with Gasteiger partial charge in [-0.1, -0.05) is 6.92 Å². The van der Waals surface area contributed by atoms with Crippen molar-refractivity contribution in [3.63, 3.8) is 0 Å². The number of benzene rings is 1. The van der Waals surface area contributed by atoms with Crippen LogP contribution in [0.15, 0.2) is 12.1 Å². The van der Waals surface area contributed by atoms with Gasteiger partial charge < -0.3 is 15.2 Å². The van der Waals surface area contributed by atoms with Crippen molar-refractivity contribution in [2.75, 3.05) is 12.4 Å². The molecular formula is C14H19NO4. The van der Waals surface area contributed by atoms with Gasteiger partial charge in [0.2, 0.25) is 5.91 Å². The molecule has 0 saturated carbocycles.